The number of allylic oxidation sites excluding steroid dienone is 2. The van der Waals surface area contributed by atoms with Gasteiger partial charge in [0.1, 0.15) is 19.8 Å². The number of hydrogen-bond acceptors (Lipinski definition) is 7. The van der Waals surface area contributed by atoms with Crippen LogP contribution < -0.4 is 0 Å². The number of carbonyl (C=O) groups is 2. The van der Waals surface area contributed by atoms with Gasteiger partial charge >= 0.3 is 19.8 Å². The van der Waals surface area contributed by atoms with Crippen molar-refractivity contribution < 1.29 is 42.1 Å². The molecular formula is C45H89NO8P+. The monoisotopic (exact) mass is 803 g/mol. The zero-order chi connectivity index (χ0) is 40.7. The van der Waals surface area contributed by atoms with E-state index in [1.165, 1.54) is 148 Å². The highest BCUT2D eigenvalue weighted by Gasteiger charge is 2.27. The van der Waals surface area contributed by atoms with Crippen molar-refractivity contribution in [1.29, 1.82) is 0 Å². The van der Waals surface area contributed by atoms with Crippen LogP contribution in [-0.4, -0.2) is 74.9 Å². The van der Waals surface area contributed by atoms with Crippen molar-refractivity contribution in [3.8, 4) is 0 Å². The molecule has 0 heterocycles. The Morgan fingerprint density at radius 3 is 1.40 bits per heavy atom. The van der Waals surface area contributed by atoms with Crippen LogP contribution >= 0.6 is 7.82 Å². The van der Waals surface area contributed by atoms with Gasteiger partial charge in [-0.15, -0.1) is 0 Å². The van der Waals surface area contributed by atoms with Gasteiger partial charge in [-0.1, -0.05) is 180 Å². The summed E-state index contributed by atoms with van der Waals surface area (Å²) >= 11 is 0. The summed E-state index contributed by atoms with van der Waals surface area (Å²) in [6, 6.07) is 0. The van der Waals surface area contributed by atoms with E-state index in [4.69, 9.17) is 18.5 Å². The third-order valence-electron chi connectivity index (χ3n) is 10.0. The largest absolute Gasteiger partial charge is 0.472 e. The summed E-state index contributed by atoms with van der Waals surface area (Å²) in [4.78, 5) is 35.4. The number of esters is 2. The van der Waals surface area contributed by atoms with Crippen LogP contribution in [0.15, 0.2) is 12.2 Å². The lowest BCUT2D eigenvalue weighted by Crippen LogP contribution is -2.37. The lowest BCUT2D eigenvalue weighted by atomic mass is 10.0. The first-order chi connectivity index (χ1) is 26.5. The van der Waals surface area contributed by atoms with Crippen molar-refractivity contribution in [1.82, 2.24) is 0 Å². The standard InChI is InChI=1S/C45H88NO8P/c1-6-8-10-12-14-16-18-20-22-24-26-28-30-32-34-36-38-45(48)54-43(42-53-55(49,50)52-40-39-46(3,4)5)41-51-44(47)37-35-33-31-29-27-25-23-21-19-17-15-13-11-9-7-2/h13,15,43H,6-12,14,16-42H2,1-5H3/p+1/b15-13+/t43-/m1/s1. The number of hydrogen-bond donors (Lipinski definition) is 1. The maximum atomic E-state index is 12.7. The molecule has 0 amide bonds. The molecule has 1 N–H and O–H groups in total. The van der Waals surface area contributed by atoms with Gasteiger partial charge in [-0.3, -0.25) is 18.6 Å². The third kappa shape index (κ3) is 42.2. The molecule has 0 spiro atoms. The van der Waals surface area contributed by atoms with E-state index in [0.29, 0.717) is 23.9 Å². The highest BCUT2D eigenvalue weighted by atomic mass is 31.2. The van der Waals surface area contributed by atoms with Gasteiger partial charge < -0.3 is 18.9 Å². The zero-order valence-corrected chi connectivity index (χ0v) is 37.6. The Labute approximate surface area is 339 Å². The summed E-state index contributed by atoms with van der Waals surface area (Å²) in [6.45, 7) is 4.42. The maximum absolute atomic E-state index is 12.7. The van der Waals surface area contributed by atoms with E-state index in [9.17, 15) is 19.0 Å². The van der Waals surface area contributed by atoms with Crippen LogP contribution in [0.4, 0.5) is 0 Å². The first-order valence-electron chi connectivity index (χ1n) is 22.9. The van der Waals surface area contributed by atoms with Crippen LogP contribution in [0.5, 0.6) is 0 Å². The van der Waals surface area contributed by atoms with Gasteiger partial charge in [0.15, 0.2) is 6.10 Å². The minimum atomic E-state index is -4.37. The van der Waals surface area contributed by atoms with Crippen molar-refractivity contribution in [2.75, 3.05) is 47.5 Å². The van der Waals surface area contributed by atoms with Crippen molar-refractivity contribution in [2.24, 2.45) is 0 Å². The number of carbonyl (C=O) groups excluding carboxylic acids is 2. The smallest absolute Gasteiger partial charge is 0.462 e. The lowest BCUT2D eigenvalue weighted by molar-refractivity contribution is -0.870. The Bertz CT molecular complexity index is 954. The molecule has 55 heavy (non-hydrogen) atoms. The van der Waals surface area contributed by atoms with E-state index in [1.54, 1.807) is 0 Å². The second-order valence-electron chi connectivity index (χ2n) is 16.8. The van der Waals surface area contributed by atoms with Gasteiger partial charge in [-0.2, -0.15) is 0 Å². The summed E-state index contributed by atoms with van der Waals surface area (Å²) in [5, 5.41) is 0. The molecule has 0 aliphatic heterocycles. The van der Waals surface area contributed by atoms with E-state index in [2.05, 4.69) is 26.0 Å². The minimum Gasteiger partial charge on any atom is -0.462 e. The van der Waals surface area contributed by atoms with E-state index in [1.807, 2.05) is 21.1 Å². The predicted octanol–water partition coefficient (Wildman–Crippen LogP) is 13.0. The molecule has 0 aromatic carbocycles. The number of phosphoric acid groups is 1. The summed E-state index contributed by atoms with van der Waals surface area (Å²) in [5.41, 5.74) is 0. The first kappa shape index (κ1) is 53.8. The SMILES string of the molecule is CCCC/C=C/CCCCCCCCCCCC(=O)OC[C@H](COP(=O)(O)OCC[N+](C)(C)C)OC(=O)CCCCCCCCCCCCCCCCCC. The van der Waals surface area contributed by atoms with Crippen molar-refractivity contribution in [3.05, 3.63) is 12.2 Å². The molecule has 0 saturated heterocycles. The van der Waals surface area contributed by atoms with Gasteiger partial charge in [0.05, 0.1) is 27.7 Å². The van der Waals surface area contributed by atoms with E-state index in [0.717, 1.165) is 32.1 Å². The maximum Gasteiger partial charge on any atom is 0.472 e. The Morgan fingerprint density at radius 2 is 0.945 bits per heavy atom. The Kier molecular flexibility index (Phi) is 37.4. The first-order valence-corrected chi connectivity index (χ1v) is 24.4. The second-order valence-corrected chi connectivity index (χ2v) is 18.2. The minimum absolute atomic E-state index is 0.0348. The molecule has 0 aromatic rings. The molecule has 0 aliphatic carbocycles. The molecule has 10 heteroatoms. The molecule has 2 atom stereocenters. The molecule has 1 unspecified atom stereocenters. The van der Waals surface area contributed by atoms with Crippen LogP contribution in [0.2, 0.25) is 0 Å². The average molecular weight is 803 g/mol. The number of ether oxygens (including phenoxy) is 2. The van der Waals surface area contributed by atoms with Crippen LogP contribution in [0, 0.1) is 0 Å². The van der Waals surface area contributed by atoms with E-state index < -0.39 is 26.5 Å². The fraction of sp³-hybridized carbons (Fsp3) is 0.911. The summed E-state index contributed by atoms with van der Waals surface area (Å²) in [6.07, 6.45) is 39.6. The topological polar surface area (TPSA) is 108 Å². The summed E-state index contributed by atoms with van der Waals surface area (Å²) < 4.78 is 34.3. The Balaban J connectivity index is 4.30. The van der Waals surface area contributed by atoms with Gasteiger partial charge in [0.2, 0.25) is 0 Å². The quantitative estimate of drug-likeness (QED) is 0.0214. The third-order valence-corrected chi connectivity index (χ3v) is 11.0. The highest BCUT2D eigenvalue weighted by molar-refractivity contribution is 7.47. The van der Waals surface area contributed by atoms with Crippen molar-refractivity contribution in [2.45, 2.75) is 219 Å². The van der Waals surface area contributed by atoms with Crippen LogP contribution in [0.25, 0.3) is 0 Å². The molecule has 0 aromatic heterocycles. The van der Waals surface area contributed by atoms with Gasteiger partial charge in [0, 0.05) is 12.8 Å². The summed E-state index contributed by atoms with van der Waals surface area (Å²) in [5.74, 6) is -0.790. The number of quaternary nitrogens is 1. The van der Waals surface area contributed by atoms with Crippen LogP contribution in [0.1, 0.15) is 213 Å². The zero-order valence-electron chi connectivity index (χ0n) is 36.7. The molecule has 0 bridgehead atoms. The fourth-order valence-corrected chi connectivity index (χ4v) is 7.15. The van der Waals surface area contributed by atoms with E-state index in [-0.39, 0.29) is 25.6 Å². The second kappa shape index (κ2) is 38.3. The Hall–Kier alpha value is -1.25. The molecule has 0 aliphatic rings. The van der Waals surface area contributed by atoms with Crippen LogP contribution in [-0.2, 0) is 32.7 Å². The van der Waals surface area contributed by atoms with Gasteiger partial charge in [-0.25, -0.2) is 4.57 Å². The van der Waals surface area contributed by atoms with Crippen molar-refractivity contribution in [3.63, 3.8) is 0 Å². The molecule has 0 saturated carbocycles. The number of rotatable bonds is 42. The average Bonchev–Trinajstić information content (AvgIpc) is 3.13. The molecular weight excluding hydrogens is 713 g/mol. The molecule has 0 fully saturated rings. The van der Waals surface area contributed by atoms with Crippen molar-refractivity contribution >= 4 is 19.8 Å². The van der Waals surface area contributed by atoms with Gasteiger partial charge in [0.25, 0.3) is 0 Å². The highest BCUT2D eigenvalue weighted by Crippen LogP contribution is 2.43. The van der Waals surface area contributed by atoms with E-state index >= 15 is 0 Å². The fourth-order valence-electron chi connectivity index (χ4n) is 6.41. The summed E-state index contributed by atoms with van der Waals surface area (Å²) in [7, 11) is 1.49. The van der Waals surface area contributed by atoms with Crippen LogP contribution in [0.3, 0.4) is 0 Å². The molecule has 0 radical (unpaired) electrons. The molecule has 326 valence electrons. The van der Waals surface area contributed by atoms with Gasteiger partial charge in [-0.05, 0) is 32.1 Å². The predicted molar refractivity (Wildman–Crippen MR) is 229 cm³/mol. The molecule has 9 nitrogen and oxygen atoms in total. The normalized spacial score (nSPS) is 13.6. The lowest BCUT2D eigenvalue weighted by Gasteiger charge is -2.24. The number of likely N-dealkylation sites (N-methyl/N-ethyl adjacent to an activating group) is 1. The Morgan fingerprint density at radius 1 is 0.545 bits per heavy atom. The molecule has 0 rings (SSSR count). The number of nitrogens with zero attached hydrogens (tertiary/aromatic N) is 1. The number of unbranched alkanes of at least 4 members (excludes halogenated alkanes) is 26. The number of phosphoric ester groups is 1.